The molecule has 0 aliphatic rings. The van der Waals surface area contributed by atoms with E-state index in [0.717, 1.165) is 22.3 Å². The molecule has 0 aliphatic carbocycles. The lowest BCUT2D eigenvalue weighted by Crippen LogP contribution is -1.89. The van der Waals surface area contributed by atoms with E-state index in [1.54, 1.807) is 12.1 Å². The van der Waals surface area contributed by atoms with Crippen LogP contribution in [-0.2, 0) is 0 Å². The van der Waals surface area contributed by atoms with Gasteiger partial charge in [-0.05, 0) is 62.1 Å². The van der Waals surface area contributed by atoms with Gasteiger partial charge in [-0.1, -0.05) is 47.5 Å². The van der Waals surface area contributed by atoms with Crippen molar-refractivity contribution in [3.05, 3.63) is 70.8 Å². The van der Waals surface area contributed by atoms with Crippen LogP contribution in [0.2, 0.25) is 0 Å². The maximum absolute atomic E-state index is 10.6. The maximum atomic E-state index is 10.6. The molecule has 0 radical (unpaired) electrons. The third-order valence-corrected chi connectivity index (χ3v) is 4.46. The molecule has 0 saturated heterocycles. The van der Waals surface area contributed by atoms with Crippen LogP contribution in [0.3, 0.4) is 0 Å². The van der Waals surface area contributed by atoms with E-state index in [2.05, 4.69) is 12.1 Å². The fourth-order valence-electron chi connectivity index (χ4n) is 3.24. The first-order valence-electron chi connectivity index (χ1n) is 8.08. The quantitative estimate of drug-likeness (QED) is 0.598. The van der Waals surface area contributed by atoms with Crippen molar-refractivity contribution in [2.75, 3.05) is 0 Å². The van der Waals surface area contributed by atoms with E-state index in [-0.39, 0.29) is 11.5 Å². The molecule has 2 heteroatoms. The topological polar surface area (TPSA) is 40.5 Å². The molecule has 0 amide bonds. The summed E-state index contributed by atoms with van der Waals surface area (Å²) < 4.78 is 0. The molecule has 0 unspecified atom stereocenters. The van der Waals surface area contributed by atoms with Gasteiger partial charge in [0, 0.05) is 11.1 Å². The predicted molar refractivity (Wildman–Crippen MR) is 99.6 cm³/mol. The van der Waals surface area contributed by atoms with E-state index in [0.29, 0.717) is 11.1 Å². The molecule has 0 spiro atoms. The summed E-state index contributed by atoms with van der Waals surface area (Å²) in [7, 11) is 0. The van der Waals surface area contributed by atoms with Gasteiger partial charge in [0.2, 0.25) is 0 Å². The molecule has 0 bridgehead atoms. The van der Waals surface area contributed by atoms with Gasteiger partial charge in [-0.15, -0.1) is 0 Å². The Kier molecular flexibility index (Phi) is 4.06. The molecule has 3 rings (SSSR count). The maximum Gasteiger partial charge on any atom is 0.124 e. The molecule has 2 N–H and O–H groups in total. The lowest BCUT2D eigenvalue weighted by atomic mass is 9.93. The number of benzene rings is 3. The van der Waals surface area contributed by atoms with Crippen LogP contribution < -0.4 is 0 Å². The number of aryl methyl sites for hydroxylation is 4. The van der Waals surface area contributed by atoms with Gasteiger partial charge in [-0.2, -0.15) is 0 Å². The second-order valence-electron chi connectivity index (χ2n) is 6.52. The molecule has 3 aromatic rings. The predicted octanol–water partition coefficient (Wildman–Crippen LogP) is 5.67. The molecule has 0 aliphatic heterocycles. The second-order valence-corrected chi connectivity index (χ2v) is 6.52. The highest BCUT2D eigenvalue weighted by Gasteiger charge is 2.14. The van der Waals surface area contributed by atoms with Crippen LogP contribution in [0.1, 0.15) is 22.3 Å². The molecule has 2 nitrogen and oxygen atoms in total. The lowest BCUT2D eigenvalue weighted by molar-refractivity contribution is 0.463. The molecule has 122 valence electrons. The van der Waals surface area contributed by atoms with Gasteiger partial charge in [0.15, 0.2) is 0 Å². The summed E-state index contributed by atoms with van der Waals surface area (Å²) in [4.78, 5) is 0. The number of hydrogen-bond donors (Lipinski definition) is 2. The Balaban J connectivity index is 2.15. The van der Waals surface area contributed by atoms with Crippen molar-refractivity contribution in [1.82, 2.24) is 0 Å². The van der Waals surface area contributed by atoms with Crippen LogP contribution in [0.25, 0.3) is 22.3 Å². The highest BCUT2D eigenvalue weighted by molar-refractivity contribution is 5.82. The minimum Gasteiger partial charge on any atom is -0.507 e. The van der Waals surface area contributed by atoms with Gasteiger partial charge >= 0.3 is 0 Å². The van der Waals surface area contributed by atoms with Crippen molar-refractivity contribution in [2.45, 2.75) is 27.7 Å². The highest BCUT2D eigenvalue weighted by atomic mass is 16.3. The van der Waals surface area contributed by atoms with Crippen LogP contribution >= 0.6 is 0 Å². The molecule has 3 aromatic carbocycles. The summed E-state index contributed by atoms with van der Waals surface area (Å²) in [6, 6.07) is 15.4. The van der Waals surface area contributed by atoms with Crippen LogP contribution in [0.15, 0.2) is 48.5 Å². The SMILES string of the molecule is Cc1ccc(-c2cc(O)c(-c3ccc(C)cc3C)cc2O)c(C)c1. The Morgan fingerprint density at radius 2 is 0.875 bits per heavy atom. The van der Waals surface area contributed by atoms with Crippen molar-refractivity contribution >= 4 is 0 Å². The highest BCUT2D eigenvalue weighted by Crippen LogP contribution is 2.41. The zero-order valence-electron chi connectivity index (χ0n) is 14.5. The smallest absolute Gasteiger partial charge is 0.124 e. The van der Waals surface area contributed by atoms with Gasteiger partial charge in [0.25, 0.3) is 0 Å². The first-order chi connectivity index (χ1) is 11.4. The van der Waals surface area contributed by atoms with Gasteiger partial charge in [-0.3, -0.25) is 0 Å². The van der Waals surface area contributed by atoms with E-state index in [1.807, 2.05) is 52.0 Å². The van der Waals surface area contributed by atoms with E-state index < -0.39 is 0 Å². The van der Waals surface area contributed by atoms with E-state index in [4.69, 9.17) is 0 Å². The summed E-state index contributed by atoms with van der Waals surface area (Å²) >= 11 is 0. The lowest BCUT2D eigenvalue weighted by Gasteiger charge is -2.14. The average Bonchev–Trinajstić information content (AvgIpc) is 2.50. The number of rotatable bonds is 2. The molecule has 0 saturated carbocycles. The average molecular weight is 318 g/mol. The fourth-order valence-corrected chi connectivity index (χ4v) is 3.24. The van der Waals surface area contributed by atoms with Crippen LogP contribution in [0.5, 0.6) is 11.5 Å². The third kappa shape index (κ3) is 2.88. The molecular formula is C22H22O2. The zero-order chi connectivity index (χ0) is 17.4. The Bertz CT molecular complexity index is 846. The largest absolute Gasteiger partial charge is 0.507 e. The van der Waals surface area contributed by atoms with Crippen LogP contribution in [0.4, 0.5) is 0 Å². The standard InChI is InChI=1S/C22H22O2/c1-13-5-7-17(15(3)9-13)19-11-22(24)20(12-21(19)23)18-8-6-14(2)10-16(18)4/h5-12,23-24H,1-4H3. The van der Waals surface area contributed by atoms with Crippen LogP contribution in [-0.4, -0.2) is 10.2 Å². The number of phenols is 2. The second kappa shape index (κ2) is 6.04. The Morgan fingerprint density at radius 1 is 0.500 bits per heavy atom. The van der Waals surface area contributed by atoms with Crippen molar-refractivity contribution in [3.63, 3.8) is 0 Å². The van der Waals surface area contributed by atoms with Gasteiger partial charge < -0.3 is 10.2 Å². The molecular weight excluding hydrogens is 296 g/mol. The minimum atomic E-state index is 0.176. The van der Waals surface area contributed by atoms with Crippen LogP contribution in [0, 0.1) is 27.7 Å². The van der Waals surface area contributed by atoms with Crippen molar-refractivity contribution < 1.29 is 10.2 Å². The molecule has 0 atom stereocenters. The molecule has 24 heavy (non-hydrogen) atoms. The van der Waals surface area contributed by atoms with Gasteiger partial charge in [-0.25, -0.2) is 0 Å². The minimum absolute atomic E-state index is 0.176. The first-order valence-corrected chi connectivity index (χ1v) is 8.08. The number of aromatic hydroxyl groups is 2. The summed E-state index contributed by atoms with van der Waals surface area (Å²) in [6.45, 7) is 8.10. The normalized spacial score (nSPS) is 10.8. The van der Waals surface area contributed by atoms with E-state index in [9.17, 15) is 10.2 Å². The van der Waals surface area contributed by atoms with E-state index >= 15 is 0 Å². The Labute approximate surface area is 143 Å². The monoisotopic (exact) mass is 318 g/mol. The summed E-state index contributed by atoms with van der Waals surface area (Å²) in [5, 5.41) is 21.1. The summed E-state index contributed by atoms with van der Waals surface area (Å²) in [6.07, 6.45) is 0. The Hall–Kier alpha value is -2.74. The molecule has 0 heterocycles. The summed E-state index contributed by atoms with van der Waals surface area (Å²) in [5.41, 5.74) is 7.66. The molecule has 0 aromatic heterocycles. The van der Waals surface area contributed by atoms with E-state index in [1.165, 1.54) is 11.1 Å². The van der Waals surface area contributed by atoms with Gasteiger partial charge in [0.1, 0.15) is 11.5 Å². The third-order valence-electron chi connectivity index (χ3n) is 4.46. The number of hydrogen-bond acceptors (Lipinski definition) is 2. The van der Waals surface area contributed by atoms with Crippen molar-refractivity contribution in [2.24, 2.45) is 0 Å². The summed E-state index contributed by atoms with van der Waals surface area (Å²) in [5.74, 6) is 0.351. The molecule has 0 fully saturated rings. The zero-order valence-corrected chi connectivity index (χ0v) is 14.5. The van der Waals surface area contributed by atoms with Crippen molar-refractivity contribution in [1.29, 1.82) is 0 Å². The Morgan fingerprint density at radius 3 is 1.21 bits per heavy atom. The number of phenolic OH excluding ortho intramolecular Hbond substituents is 2. The fraction of sp³-hybridized carbons (Fsp3) is 0.182. The first kappa shape index (κ1) is 16.1. The van der Waals surface area contributed by atoms with Gasteiger partial charge in [0.05, 0.1) is 0 Å². The van der Waals surface area contributed by atoms with Crippen molar-refractivity contribution in [3.8, 4) is 33.8 Å².